The third-order valence-electron chi connectivity index (χ3n) is 3.66. The SMILES string of the molecule is COc1ccc(/C=N\N=C2\NC(=O)/C(=C\c3ccc(OC)c(Br)c3)S2)cc1Br. The Balaban J connectivity index is 1.71. The van der Waals surface area contributed by atoms with Crippen LogP contribution < -0.4 is 14.8 Å². The largest absolute Gasteiger partial charge is 0.496 e. The van der Waals surface area contributed by atoms with Gasteiger partial charge in [0.1, 0.15) is 11.5 Å². The second-order valence-corrected chi connectivity index (χ2v) is 8.24. The van der Waals surface area contributed by atoms with Crippen molar-refractivity contribution in [1.82, 2.24) is 5.32 Å². The fourth-order valence-electron chi connectivity index (χ4n) is 2.31. The molecular weight excluding hydrogens is 510 g/mol. The molecule has 3 rings (SSSR count). The molecule has 0 saturated carbocycles. The van der Waals surface area contributed by atoms with Crippen LogP contribution in [-0.2, 0) is 4.79 Å². The highest BCUT2D eigenvalue weighted by Crippen LogP contribution is 2.30. The van der Waals surface area contributed by atoms with Gasteiger partial charge in [-0.15, -0.1) is 5.10 Å². The van der Waals surface area contributed by atoms with Crippen molar-refractivity contribution in [1.29, 1.82) is 0 Å². The number of nitrogens with one attached hydrogen (secondary N) is 1. The lowest BCUT2D eigenvalue weighted by atomic mass is 10.2. The third kappa shape index (κ3) is 5.03. The van der Waals surface area contributed by atoms with Crippen molar-refractivity contribution >= 4 is 67.0 Å². The molecular formula is C19H15Br2N3O3S. The fraction of sp³-hybridized carbons (Fsp3) is 0.105. The van der Waals surface area contributed by atoms with E-state index >= 15 is 0 Å². The molecule has 0 spiro atoms. The Hall–Kier alpha value is -2.10. The van der Waals surface area contributed by atoms with Crippen molar-refractivity contribution in [2.45, 2.75) is 0 Å². The van der Waals surface area contributed by atoms with Crippen LogP contribution in [0.4, 0.5) is 0 Å². The van der Waals surface area contributed by atoms with Crippen molar-refractivity contribution in [3.05, 3.63) is 61.4 Å². The first-order valence-corrected chi connectivity index (χ1v) is 10.4. The Labute approximate surface area is 183 Å². The van der Waals surface area contributed by atoms with Gasteiger partial charge in [-0.25, -0.2) is 0 Å². The minimum absolute atomic E-state index is 0.210. The quantitative estimate of drug-likeness (QED) is 0.345. The number of hydrogen-bond acceptors (Lipinski definition) is 6. The number of carbonyl (C=O) groups is 1. The van der Waals surface area contributed by atoms with E-state index in [0.717, 1.165) is 31.6 Å². The number of benzene rings is 2. The van der Waals surface area contributed by atoms with Crippen molar-refractivity contribution < 1.29 is 14.3 Å². The number of hydrogen-bond donors (Lipinski definition) is 1. The number of rotatable bonds is 5. The summed E-state index contributed by atoms with van der Waals surface area (Å²) in [4.78, 5) is 12.7. The standard InChI is InChI=1S/C19H15Br2N3O3S/c1-26-15-5-3-11(7-13(15)20)9-17-18(25)23-19(28-17)24-22-10-12-4-6-16(27-2)14(21)8-12/h3-10H,1-2H3,(H,23,24,25)/b17-9+,22-10-. The van der Waals surface area contributed by atoms with Crippen molar-refractivity contribution in [2.75, 3.05) is 14.2 Å². The summed E-state index contributed by atoms with van der Waals surface area (Å²) < 4.78 is 12.0. The molecule has 1 fully saturated rings. The molecule has 6 nitrogen and oxygen atoms in total. The minimum atomic E-state index is -0.210. The van der Waals surface area contributed by atoms with Crippen LogP contribution in [0, 0.1) is 0 Å². The second kappa shape index (κ2) is 9.40. The topological polar surface area (TPSA) is 72.3 Å². The van der Waals surface area contributed by atoms with Gasteiger partial charge in [0.05, 0.1) is 34.3 Å². The van der Waals surface area contributed by atoms with Gasteiger partial charge in [-0.1, -0.05) is 6.07 Å². The normalized spacial score (nSPS) is 16.8. The van der Waals surface area contributed by atoms with Gasteiger partial charge in [0.2, 0.25) is 0 Å². The number of amides is 1. The first-order valence-electron chi connectivity index (χ1n) is 7.99. The lowest BCUT2D eigenvalue weighted by Gasteiger charge is -2.03. The number of methoxy groups -OCH3 is 2. The lowest BCUT2D eigenvalue weighted by molar-refractivity contribution is -0.115. The van der Waals surface area contributed by atoms with Gasteiger partial charge < -0.3 is 9.47 Å². The zero-order valence-corrected chi connectivity index (χ0v) is 18.9. The highest BCUT2D eigenvalue weighted by molar-refractivity contribution is 9.10. The molecule has 2 aromatic rings. The van der Waals surface area contributed by atoms with Crippen LogP contribution in [0.15, 0.2) is 60.5 Å². The molecule has 0 aromatic heterocycles. The predicted molar refractivity (Wildman–Crippen MR) is 120 cm³/mol. The molecule has 0 unspecified atom stereocenters. The monoisotopic (exact) mass is 523 g/mol. The molecule has 1 aliphatic heterocycles. The molecule has 1 amide bonds. The molecule has 28 heavy (non-hydrogen) atoms. The van der Waals surface area contributed by atoms with E-state index in [1.165, 1.54) is 11.8 Å². The predicted octanol–water partition coefficient (Wildman–Crippen LogP) is 4.82. The molecule has 1 heterocycles. The van der Waals surface area contributed by atoms with Gasteiger partial charge in [0, 0.05) is 0 Å². The van der Waals surface area contributed by atoms with Crippen LogP contribution in [0.2, 0.25) is 0 Å². The minimum Gasteiger partial charge on any atom is -0.496 e. The average molecular weight is 525 g/mol. The van der Waals surface area contributed by atoms with E-state index in [4.69, 9.17) is 9.47 Å². The second-order valence-electron chi connectivity index (χ2n) is 5.50. The van der Waals surface area contributed by atoms with Crippen LogP contribution in [-0.4, -0.2) is 31.5 Å². The van der Waals surface area contributed by atoms with Crippen LogP contribution in [0.3, 0.4) is 0 Å². The Morgan fingerprint density at radius 2 is 1.61 bits per heavy atom. The summed E-state index contributed by atoms with van der Waals surface area (Å²) in [7, 11) is 3.21. The van der Waals surface area contributed by atoms with Crippen LogP contribution in [0.5, 0.6) is 11.5 Å². The Morgan fingerprint density at radius 3 is 2.21 bits per heavy atom. The van der Waals surface area contributed by atoms with E-state index in [0.29, 0.717) is 10.1 Å². The Morgan fingerprint density at radius 1 is 1.00 bits per heavy atom. The lowest BCUT2D eigenvalue weighted by Crippen LogP contribution is -2.19. The summed E-state index contributed by atoms with van der Waals surface area (Å²) in [6.45, 7) is 0. The summed E-state index contributed by atoms with van der Waals surface area (Å²) in [5.41, 5.74) is 1.73. The maximum absolute atomic E-state index is 12.2. The Kier molecular flexibility index (Phi) is 6.93. The average Bonchev–Trinajstić information content (AvgIpc) is 3.01. The van der Waals surface area contributed by atoms with Crippen LogP contribution >= 0.6 is 43.6 Å². The van der Waals surface area contributed by atoms with Crippen LogP contribution in [0.1, 0.15) is 11.1 Å². The summed E-state index contributed by atoms with van der Waals surface area (Å²) in [5.74, 6) is 1.26. The number of nitrogens with zero attached hydrogens (tertiary/aromatic N) is 2. The molecule has 0 aliphatic carbocycles. The molecule has 0 atom stereocenters. The van der Waals surface area contributed by atoms with Gasteiger partial charge in [-0.3, -0.25) is 10.1 Å². The first kappa shape index (κ1) is 20.6. The fourth-order valence-corrected chi connectivity index (χ4v) is 4.21. The van der Waals surface area contributed by atoms with E-state index in [1.807, 2.05) is 36.4 Å². The van der Waals surface area contributed by atoms with E-state index in [2.05, 4.69) is 47.4 Å². The first-order chi connectivity index (χ1) is 13.5. The number of thioether (sulfide) groups is 1. The third-order valence-corrected chi connectivity index (χ3v) is 5.80. The number of carbonyl (C=O) groups excluding carboxylic acids is 1. The molecule has 1 aliphatic rings. The van der Waals surface area contributed by atoms with E-state index in [1.54, 1.807) is 26.5 Å². The molecule has 1 N–H and O–H groups in total. The van der Waals surface area contributed by atoms with Gasteiger partial charge in [-0.2, -0.15) is 5.10 Å². The summed E-state index contributed by atoms with van der Waals surface area (Å²) in [6.07, 6.45) is 3.39. The van der Waals surface area contributed by atoms with Gasteiger partial charge in [0.15, 0.2) is 5.17 Å². The molecule has 0 radical (unpaired) electrons. The van der Waals surface area contributed by atoms with Crippen molar-refractivity contribution in [3.63, 3.8) is 0 Å². The zero-order valence-electron chi connectivity index (χ0n) is 14.9. The Bertz CT molecular complexity index is 1010. The highest BCUT2D eigenvalue weighted by atomic mass is 79.9. The van der Waals surface area contributed by atoms with Crippen molar-refractivity contribution in [3.8, 4) is 11.5 Å². The van der Waals surface area contributed by atoms with E-state index < -0.39 is 0 Å². The summed E-state index contributed by atoms with van der Waals surface area (Å²) >= 11 is 8.10. The number of halogens is 2. The maximum Gasteiger partial charge on any atom is 0.264 e. The highest BCUT2D eigenvalue weighted by Gasteiger charge is 2.23. The maximum atomic E-state index is 12.2. The number of ether oxygens (including phenoxy) is 2. The van der Waals surface area contributed by atoms with Crippen LogP contribution in [0.25, 0.3) is 6.08 Å². The van der Waals surface area contributed by atoms with E-state index in [9.17, 15) is 4.79 Å². The zero-order chi connectivity index (χ0) is 20.1. The summed E-state index contributed by atoms with van der Waals surface area (Å²) in [5, 5.41) is 11.3. The van der Waals surface area contributed by atoms with Crippen molar-refractivity contribution in [2.24, 2.45) is 10.2 Å². The molecule has 1 saturated heterocycles. The molecule has 9 heteroatoms. The van der Waals surface area contributed by atoms with Gasteiger partial charge in [0.25, 0.3) is 5.91 Å². The van der Waals surface area contributed by atoms with E-state index in [-0.39, 0.29) is 5.91 Å². The smallest absolute Gasteiger partial charge is 0.264 e. The molecule has 0 bridgehead atoms. The molecule has 2 aromatic carbocycles. The van der Waals surface area contributed by atoms with Gasteiger partial charge in [-0.05, 0) is 91.2 Å². The summed E-state index contributed by atoms with van der Waals surface area (Å²) in [6, 6.07) is 11.2. The number of amidine groups is 1. The molecule has 144 valence electrons. The van der Waals surface area contributed by atoms with Gasteiger partial charge >= 0.3 is 0 Å².